The third kappa shape index (κ3) is 3.54. The van der Waals surface area contributed by atoms with E-state index in [2.05, 4.69) is 5.32 Å². The van der Waals surface area contributed by atoms with Crippen LogP contribution in [-0.4, -0.2) is 29.4 Å². The molecule has 4 nitrogen and oxygen atoms in total. The van der Waals surface area contributed by atoms with E-state index in [9.17, 15) is 9.90 Å². The third-order valence-corrected chi connectivity index (χ3v) is 2.38. The average molecular weight is 201 g/mol. The van der Waals surface area contributed by atoms with Gasteiger partial charge in [0, 0.05) is 0 Å². The van der Waals surface area contributed by atoms with Crippen LogP contribution in [0.3, 0.4) is 0 Å². The zero-order chi connectivity index (χ0) is 10.6. The van der Waals surface area contributed by atoms with Crippen molar-refractivity contribution in [3.63, 3.8) is 0 Å². The average Bonchev–Trinajstić information content (AvgIpc) is 2.07. The van der Waals surface area contributed by atoms with Crippen LogP contribution in [0.5, 0.6) is 0 Å². The zero-order valence-electron chi connectivity index (χ0n) is 8.82. The molecule has 82 valence electrons. The molecule has 0 heterocycles. The lowest BCUT2D eigenvalue weighted by Gasteiger charge is -2.28. The predicted octanol–water partition coefficient (Wildman–Crippen LogP) is 1.42. The van der Waals surface area contributed by atoms with Crippen LogP contribution in [0, 0.1) is 0 Å². The van der Waals surface area contributed by atoms with Crippen LogP contribution in [0.4, 0.5) is 4.79 Å². The number of carbonyl (C=O) groups is 1. The summed E-state index contributed by atoms with van der Waals surface area (Å²) in [6.45, 7) is 3.60. The highest BCUT2D eigenvalue weighted by atomic mass is 16.6. The van der Waals surface area contributed by atoms with E-state index >= 15 is 0 Å². The Kier molecular flexibility index (Phi) is 4.20. The molecule has 0 aromatic heterocycles. The second kappa shape index (κ2) is 5.20. The van der Waals surface area contributed by atoms with Crippen LogP contribution in [0.25, 0.3) is 0 Å². The van der Waals surface area contributed by atoms with Crippen molar-refractivity contribution in [2.45, 2.75) is 57.8 Å². The van der Waals surface area contributed by atoms with E-state index in [0.717, 1.165) is 25.7 Å². The van der Waals surface area contributed by atoms with Crippen LogP contribution in [0.2, 0.25) is 0 Å². The lowest BCUT2D eigenvalue weighted by atomic mass is 9.93. The summed E-state index contributed by atoms with van der Waals surface area (Å²) in [5.41, 5.74) is 0. The van der Waals surface area contributed by atoms with Crippen LogP contribution in [0.15, 0.2) is 0 Å². The Morgan fingerprint density at radius 1 is 1.43 bits per heavy atom. The maximum atomic E-state index is 11.2. The van der Waals surface area contributed by atoms with E-state index in [4.69, 9.17) is 4.74 Å². The largest absolute Gasteiger partial charge is 0.447 e. The quantitative estimate of drug-likeness (QED) is 0.710. The fourth-order valence-electron chi connectivity index (χ4n) is 1.68. The monoisotopic (exact) mass is 201 g/mol. The molecule has 2 atom stereocenters. The maximum Gasteiger partial charge on any atom is 0.407 e. The smallest absolute Gasteiger partial charge is 0.407 e. The van der Waals surface area contributed by atoms with Crippen LogP contribution >= 0.6 is 0 Å². The van der Waals surface area contributed by atoms with E-state index in [1.54, 1.807) is 13.8 Å². The molecular weight excluding hydrogens is 182 g/mol. The molecule has 1 rings (SSSR count). The number of hydrogen-bond donors (Lipinski definition) is 2. The maximum absolute atomic E-state index is 11.2. The van der Waals surface area contributed by atoms with Gasteiger partial charge in [0.2, 0.25) is 0 Å². The number of aliphatic hydroxyl groups is 1. The summed E-state index contributed by atoms with van der Waals surface area (Å²) in [7, 11) is 0. The molecule has 14 heavy (non-hydrogen) atoms. The Bertz CT molecular complexity index is 194. The molecule has 0 saturated heterocycles. The van der Waals surface area contributed by atoms with Gasteiger partial charge in [-0.05, 0) is 26.7 Å². The minimum Gasteiger partial charge on any atom is -0.447 e. The highest BCUT2D eigenvalue weighted by molar-refractivity contribution is 5.67. The molecule has 1 aliphatic rings. The summed E-state index contributed by atoms with van der Waals surface area (Å²) in [5.74, 6) is 0. The standard InChI is InChI=1S/C10H19NO3/c1-7(2)14-10(13)11-8-5-3-4-6-9(8)12/h7-9,12H,3-6H2,1-2H3,(H,11,13)/t8-,9-/m1/s1. The fourth-order valence-corrected chi connectivity index (χ4v) is 1.68. The van der Waals surface area contributed by atoms with Gasteiger partial charge >= 0.3 is 6.09 Å². The number of ether oxygens (including phenoxy) is 1. The van der Waals surface area contributed by atoms with Gasteiger partial charge in [-0.1, -0.05) is 12.8 Å². The van der Waals surface area contributed by atoms with Gasteiger partial charge in [-0.25, -0.2) is 4.79 Å². The lowest BCUT2D eigenvalue weighted by molar-refractivity contribution is 0.0710. The second-order valence-corrected chi connectivity index (χ2v) is 4.06. The van der Waals surface area contributed by atoms with Crippen LogP contribution < -0.4 is 5.32 Å². The molecule has 1 fully saturated rings. The molecule has 2 N–H and O–H groups in total. The van der Waals surface area contributed by atoms with Gasteiger partial charge in [0.05, 0.1) is 18.2 Å². The van der Waals surface area contributed by atoms with Gasteiger partial charge < -0.3 is 15.2 Å². The Labute approximate surface area is 84.6 Å². The molecule has 0 bridgehead atoms. The number of alkyl carbamates (subject to hydrolysis) is 1. The molecule has 4 heteroatoms. The van der Waals surface area contributed by atoms with Crippen molar-refractivity contribution in [3.8, 4) is 0 Å². The van der Waals surface area contributed by atoms with E-state index in [1.807, 2.05) is 0 Å². The van der Waals surface area contributed by atoms with Crippen LogP contribution in [-0.2, 0) is 4.74 Å². The SMILES string of the molecule is CC(C)OC(=O)N[C@@H]1CCCC[C@H]1O. The van der Waals surface area contributed by atoms with E-state index in [-0.39, 0.29) is 12.1 Å². The zero-order valence-corrected chi connectivity index (χ0v) is 8.82. The Balaban J connectivity index is 2.31. The van der Waals surface area contributed by atoms with Crippen molar-refractivity contribution in [1.29, 1.82) is 0 Å². The normalized spacial score (nSPS) is 27.4. The molecule has 0 aliphatic heterocycles. The third-order valence-electron chi connectivity index (χ3n) is 2.38. The molecule has 1 aliphatic carbocycles. The molecule has 0 spiro atoms. The topological polar surface area (TPSA) is 58.6 Å². The Hall–Kier alpha value is -0.770. The molecule has 1 saturated carbocycles. The van der Waals surface area contributed by atoms with Crippen molar-refractivity contribution in [3.05, 3.63) is 0 Å². The van der Waals surface area contributed by atoms with Crippen molar-refractivity contribution < 1.29 is 14.6 Å². The fraction of sp³-hybridized carbons (Fsp3) is 0.900. The second-order valence-electron chi connectivity index (χ2n) is 4.06. The molecular formula is C10H19NO3. The van der Waals surface area contributed by atoms with Crippen molar-refractivity contribution in [2.24, 2.45) is 0 Å². The van der Waals surface area contributed by atoms with E-state index in [0.29, 0.717) is 0 Å². The van der Waals surface area contributed by atoms with Gasteiger partial charge in [-0.15, -0.1) is 0 Å². The minimum atomic E-state index is -0.425. The number of carbonyl (C=O) groups excluding carboxylic acids is 1. The molecule has 0 aromatic rings. The minimum absolute atomic E-state index is 0.115. The van der Waals surface area contributed by atoms with Crippen molar-refractivity contribution in [1.82, 2.24) is 5.32 Å². The predicted molar refractivity (Wildman–Crippen MR) is 53.0 cm³/mol. The highest BCUT2D eigenvalue weighted by Gasteiger charge is 2.24. The molecule has 0 radical (unpaired) electrons. The van der Waals surface area contributed by atoms with E-state index in [1.165, 1.54) is 0 Å². The van der Waals surface area contributed by atoms with Crippen molar-refractivity contribution in [2.75, 3.05) is 0 Å². The number of hydrogen-bond acceptors (Lipinski definition) is 3. The number of rotatable bonds is 2. The first kappa shape index (κ1) is 11.3. The first-order chi connectivity index (χ1) is 6.59. The van der Waals surface area contributed by atoms with Gasteiger partial charge in [0.15, 0.2) is 0 Å². The first-order valence-electron chi connectivity index (χ1n) is 5.25. The van der Waals surface area contributed by atoms with Gasteiger partial charge in [0.25, 0.3) is 0 Å². The van der Waals surface area contributed by atoms with E-state index < -0.39 is 12.2 Å². The summed E-state index contributed by atoms with van der Waals surface area (Å²) in [6, 6.07) is -0.130. The summed E-state index contributed by atoms with van der Waals surface area (Å²) >= 11 is 0. The van der Waals surface area contributed by atoms with Crippen molar-refractivity contribution >= 4 is 6.09 Å². The molecule has 0 aromatic carbocycles. The van der Waals surface area contributed by atoms with Gasteiger partial charge in [-0.2, -0.15) is 0 Å². The number of amides is 1. The Morgan fingerprint density at radius 3 is 2.64 bits per heavy atom. The van der Waals surface area contributed by atoms with Gasteiger partial charge in [-0.3, -0.25) is 0 Å². The highest BCUT2D eigenvalue weighted by Crippen LogP contribution is 2.18. The summed E-state index contributed by atoms with van der Waals surface area (Å²) in [5, 5.41) is 12.3. The van der Waals surface area contributed by atoms with Gasteiger partial charge in [0.1, 0.15) is 0 Å². The number of nitrogens with one attached hydrogen (secondary N) is 1. The summed E-state index contributed by atoms with van der Waals surface area (Å²) in [4.78, 5) is 11.2. The summed E-state index contributed by atoms with van der Waals surface area (Å²) in [6.07, 6.45) is 2.76. The molecule has 1 amide bonds. The lowest BCUT2D eigenvalue weighted by Crippen LogP contribution is -2.45. The first-order valence-corrected chi connectivity index (χ1v) is 5.25. The van der Waals surface area contributed by atoms with Crippen LogP contribution in [0.1, 0.15) is 39.5 Å². The summed E-state index contributed by atoms with van der Waals surface area (Å²) < 4.78 is 4.94. The number of aliphatic hydroxyl groups excluding tert-OH is 1. The Morgan fingerprint density at radius 2 is 2.07 bits per heavy atom. The molecule has 0 unspecified atom stereocenters.